The molecule has 3 saturated heterocycles. The second-order valence-electron chi connectivity index (χ2n) is 7.06. The van der Waals surface area contributed by atoms with E-state index >= 15 is 0 Å². The third kappa shape index (κ3) is 2.94. The molecule has 4 rings (SSSR count). The van der Waals surface area contributed by atoms with Crippen LogP contribution >= 0.6 is 0 Å². The normalized spacial score (nSPS) is 26.1. The van der Waals surface area contributed by atoms with Gasteiger partial charge in [0.25, 0.3) is 0 Å². The third-order valence-electron chi connectivity index (χ3n) is 5.57. The molecule has 1 unspecified atom stereocenters. The summed E-state index contributed by atoms with van der Waals surface area (Å²) in [5, 5.41) is 0. The number of carbonyl (C=O) groups is 1. The number of hydrogen-bond donors (Lipinski definition) is 0. The first-order valence-electron chi connectivity index (χ1n) is 8.75. The molecule has 0 spiro atoms. The van der Waals surface area contributed by atoms with Crippen molar-refractivity contribution in [2.45, 2.75) is 44.3 Å². The number of carbonyl (C=O) groups excluding carboxylic acids is 1. The minimum atomic E-state index is -0.166. The zero-order valence-electron chi connectivity index (χ0n) is 13.5. The average molecular weight is 317 g/mol. The molecule has 0 saturated carbocycles. The predicted molar refractivity (Wildman–Crippen MR) is 86.5 cm³/mol. The van der Waals surface area contributed by atoms with Gasteiger partial charge in [0.1, 0.15) is 5.82 Å². The van der Waals surface area contributed by atoms with Crippen molar-refractivity contribution in [3.63, 3.8) is 0 Å². The van der Waals surface area contributed by atoms with Crippen LogP contribution in [0.5, 0.6) is 0 Å². The van der Waals surface area contributed by atoms with Crippen molar-refractivity contribution < 1.29 is 9.18 Å². The Kier molecular flexibility index (Phi) is 3.97. The smallest absolute Gasteiger partial charge is 0.320 e. The van der Waals surface area contributed by atoms with Crippen molar-refractivity contribution in [3.8, 4) is 0 Å². The van der Waals surface area contributed by atoms with Crippen molar-refractivity contribution in [2.24, 2.45) is 0 Å². The standard InChI is InChI=1S/C18H24FN3O/c19-15-4-1-3-14(11-15)12-20-9-6-16(7-10-20)22-13-17-5-2-8-21(17)18(22)23/h1,3-4,11,16-17H,2,5-10,12-13H2. The van der Waals surface area contributed by atoms with Crippen molar-refractivity contribution >= 4 is 6.03 Å². The number of amides is 2. The summed E-state index contributed by atoms with van der Waals surface area (Å²) in [7, 11) is 0. The van der Waals surface area contributed by atoms with Gasteiger partial charge in [-0.2, -0.15) is 0 Å². The number of benzene rings is 1. The number of urea groups is 1. The summed E-state index contributed by atoms with van der Waals surface area (Å²) in [5.74, 6) is -0.166. The van der Waals surface area contributed by atoms with E-state index in [9.17, 15) is 9.18 Å². The molecule has 0 N–H and O–H groups in total. The molecule has 3 heterocycles. The van der Waals surface area contributed by atoms with Crippen LogP contribution in [0, 0.1) is 5.82 Å². The van der Waals surface area contributed by atoms with E-state index in [0.717, 1.165) is 57.5 Å². The van der Waals surface area contributed by atoms with Gasteiger partial charge in [-0.25, -0.2) is 9.18 Å². The van der Waals surface area contributed by atoms with E-state index in [2.05, 4.69) is 14.7 Å². The number of fused-ring (bicyclic) bond motifs is 1. The van der Waals surface area contributed by atoms with Gasteiger partial charge in [0.15, 0.2) is 0 Å². The van der Waals surface area contributed by atoms with E-state index in [1.54, 1.807) is 12.1 Å². The van der Waals surface area contributed by atoms with Crippen LogP contribution in [0.1, 0.15) is 31.2 Å². The number of rotatable bonds is 3. The first kappa shape index (κ1) is 14.9. The molecule has 1 aromatic rings. The molecule has 0 aliphatic carbocycles. The Hall–Kier alpha value is -1.62. The Bertz CT molecular complexity index is 585. The Balaban J connectivity index is 1.32. The van der Waals surface area contributed by atoms with Gasteiger partial charge in [-0.05, 0) is 43.4 Å². The van der Waals surface area contributed by atoms with Crippen molar-refractivity contribution in [2.75, 3.05) is 26.2 Å². The number of halogens is 1. The van der Waals surface area contributed by atoms with Gasteiger partial charge in [0, 0.05) is 38.8 Å². The molecule has 1 atom stereocenters. The van der Waals surface area contributed by atoms with Crippen molar-refractivity contribution in [1.82, 2.24) is 14.7 Å². The highest BCUT2D eigenvalue weighted by molar-refractivity contribution is 5.78. The lowest BCUT2D eigenvalue weighted by atomic mass is 10.0. The van der Waals surface area contributed by atoms with E-state index < -0.39 is 0 Å². The Morgan fingerprint density at radius 1 is 1.04 bits per heavy atom. The number of hydrogen-bond acceptors (Lipinski definition) is 2. The maximum absolute atomic E-state index is 13.3. The molecule has 124 valence electrons. The Morgan fingerprint density at radius 3 is 2.61 bits per heavy atom. The van der Waals surface area contributed by atoms with Crippen molar-refractivity contribution in [1.29, 1.82) is 0 Å². The summed E-state index contributed by atoms with van der Waals surface area (Å²) in [6, 6.07) is 7.97. The van der Waals surface area contributed by atoms with Gasteiger partial charge in [-0.1, -0.05) is 12.1 Å². The molecule has 3 fully saturated rings. The SMILES string of the molecule is O=C1N2CCCC2CN1C1CCN(Cc2cccc(F)c2)CC1. The lowest BCUT2D eigenvalue weighted by Gasteiger charge is -2.36. The number of piperidine rings is 1. The molecule has 2 amide bonds. The largest absolute Gasteiger partial charge is 0.320 e. The quantitative estimate of drug-likeness (QED) is 0.857. The van der Waals surface area contributed by atoms with Crippen LogP contribution in [0.15, 0.2) is 24.3 Å². The van der Waals surface area contributed by atoms with Gasteiger partial charge < -0.3 is 9.80 Å². The first-order chi connectivity index (χ1) is 11.2. The lowest BCUT2D eigenvalue weighted by Crippen LogP contribution is -2.46. The molecule has 0 bridgehead atoms. The van der Waals surface area contributed by atoms with Gasteiger partial charge >= 0.3 is 6.03 Å². The van der Waals surface area contributed by atoms with Gasteiger partial charge in [-0.15, -0.1) is 0 Å². The summed E-state index contributed by atoms with van der Waals surface area (Å²) < 4.78 is 13.3. The molecule has 3 aliphatic rings. The molecule has 5 heteroatoms. The highest BCUT2D eigenvalue weighted by atomic mass is 19.1. The highest BCUT2D eigenvalue weighted by Crippen LogP contribution is 2.30. The van der Waals surface area contributed by atoms with Crippen LogP contribution in [0.3, 0.4) is 0 Å². The zero-order valence-corrected chi connectivity index (χ0v) is 13.5. The summed E-state index contributed by atoms with van der Waals surface area (Å²) in [4.78, 5) is 19.0. The highest BCUT2D eigenvalue weighted by Gasteiger charge is 2.43. The fourth-order valence-corrected chi connectivity index (χ4v) is 4.34. The minimum absolute atomic E-state index is 0.166. The van der Waals surface area contributed by atoms with E-state index in [1.807, 2.05) is 6.07 Å². The molecular weight excluding hydrogens is 293 g/mol. The van der Waals surface area contributed by atoms with E-state index in [0.29, 0.717) is 12.1 Å². The fourth-order valence-electron chi connectivity index (χ4n) is 4.34. The van der Waals surface area contributed by atoms with Crippen LogP contribution in [0.25, 0.3) is 0 Å². The van der Waals surface area contributed by atoms with Gasteiger partial charge in [0.05, 0.1) is 6.04 Å². The van der Waals surface area contributed by atoms with Crippen LogP contribution in [0.4, 0.5) is 9.18 Å². The number of likely N-dealkylation sites (tertiary alicyclic amines) is 1. The van der Waals surface area contributed by atoms with Crippen LogP contribution in [0.2, 0.25) is 0 Å². The third-order valence-corrected chi connectivity index (χ3v) is 5.57. The topological polar surface area (TPSA) is 26.8 Å². The maximum atomic E-state index is 13.3. The summed E-state index contributed by atoms with van der Waals surface area (Å²) >= 11 is 0. The molecule has 4 nitrogen and oxygen atoms in total. The minimum Gasteiger partial charge on any atom is -0.320 e. The second kappa shape index (κ2) is 6.11. The molecule has 0 aromatic heterocycles. The second-order valence-corrected chi connectivity index (χ2v) is 7.06. The van der Waals surface area contributed by atoms with E-state index in [4.69, 9.17) is 0 Å². The Labute approximate surface area is 136 Å². The molecule has 1 aromatic carbocycles. The monoisotopic (exact) mass is 317 g/mol. The first-order valence-corrected chi connectivity index (χ1v) is 8.75. The fraction of sp³-hybridized carbons (Fsp3) is 0.611. The van der Waals surface area contributed by atoms with Crippen molar-refractivity contribution in [3.05, 3.63) is 35.6 Å². The number of nitrogens with zero attached hydrogens (tertiary/aromatic N) is 3. The van der Waals surface area contributed by atoms with E-state index in [-0.39, 0.29) is 11.8 Å². The predicted octanol–water partition coefficient (Wildman–Crippen LogP) is 2.69. The maximum Gasteiger partial charge on any atom is 0.320 e. The molecule has 0 radical (unpaired) electrons. The Morgan fingerprint density at radius 2 is 1.87 bits per heavy atom. The van der Waals surface area contributed by atoms with Gasteiger partial charge in [-0.3, -0.25) is 4.90 Å². The summed E-state index contributed by atoms with van der Waals surface area (Å²) in [6.45, 7) is 4.63. The molecular formula is C18H24FN3O. The lowest BCUT2D eigenvalue weighted by molar-refractivity contribution is 0.126. The summed E-state index contributed by atoms with van der Waals surface area (Å²) in [5.41, 5.74) is 1.03. The van der Waals surface area contributed by atoms with Gasteiger partial charge in [0.2, 0.25) is 0 Å². The molecule has 23 heavy (non-hydrogen) atoms. The van der Waals surface area contributed by atoms with Crippen LogP contribution < -0.4 is 0 Å². The van der Waals surface area contributed by atoms with Crippen LogP contribution in [-0.4, -0.2) is 59.0 Å². The van der Waals surface area contributed by atoms with E-state index in [1.165, 1.54) is 12.5 Å². The summed E-state index contributed by atoms with van der Waals surface area (Å²) in [6.07, 6.45) is 4.39. The van der Waals surface area contributed by atoms with Crippen LogP contribution in [-0.2, 0) is 6.54 Å². The molecule has 3 aliphatic heterocycles. The average Bonchev–Trinajstić information content (AvgIpc) is 3.12. The zero-order chi connectivity index (χ0) is 15.8.